The predicted molar refractivity (Wildman–Crippen MR) is 73.3 cm³/mol. The van der Waals surface area contributed by atoms with Crippen molar-refractivity contribution in [3.8, 4) is 0 Å². The number of alkyl carbamates (subject to hydrolysis) is 1. The van der Waals surface area contributed by atoms with Gasteiger partial charge >= 0.3 is 6.09 Å². The van der Waals surface area contributed by atoms with E-state index in [0.717, 1.165) is 6.20 Å². The first-order chi connectivity index (χ1) is 8.02. The van der Waals surface area contributed by atoms with Crippen molar-refractivity contribution in [3.63, 3.8) is 0 Å². The molecule has 1 rings (SSSR count). The van der Waals surface area contributed by atoms with Crippen LogP contribution in [0, 0.1) is 9.39 Å². The SMILES string of the molecule is CCOC(=O)NC(=S)Nc1cc(I)c(F)cn1. The molecule has 1 amide bonds. The van der Waals surface area contributed by atoms with Gasteiger partial charge in [-0.3, -0.25) is 5.32 Å². The molecular formula is C9H9FIN3O2S. The van der Waals surface area contributed by atoms with Crippen LogP contribution < -0.4 is 10.6 Å². The maximum absolute atomic E-state index is 12.9. The summed E-state index contributed by atoms with van der Waals surface area (Å²) in [5.41, 5.74) is 0. The van der Waals surface area contributed by atoms with Gasteiger partial charge in [-0.1, -0.05) is 0 Å². The summed E-state index contributed by atoms with van der Waals surface area (Å²) in [4.78, 5) is 14.8. The van der Waals surface area contributed by atoms with E-state index in [1.54, 1.807) is 6.92 Å². The monoisotopic (exact) mass is 369 g/mol. The first kappa shape index (κ1) is 14.0. The largest absolute Gasteiger partial charge is 0.450 e. The van der Waals surface area contributed by atoms with Gasteiger partial charge in [0.05, 0.1) is 16.4 Å². The first-order valence-corrected chi connectivity index (χ1v) is 6.07. The minimum atomic E-state index is -0.651. The summed E-state index contributed by atoms with van der Waals surface area (Å²) in [6.07, 6.45) is 0.415. The third kappa shape index (κ3) is 4.77. The molecule has 0 aliphatic carbocycles. The van der Waals surface area contributed by atoms with Gasteiger partial charge in [-0.2, -0.15) is 0 Å². The van der Waals surface area contributed by atoms with Crippen molar-refractivity contribution in [2.75, 3.05) is 11.9 Å². The van der Waals surface area contributed by atoms with Crippen molar-refractivity contribution in [2.24, 2.45) is 0 Å². The Labute approximate surface area is 116 Å². The zero-order chi connectivity index (χ0) is 12.8. The highest BCUT2D eigenvalue weighted by molar-refractivity contribution is 14.1. The van der Waals surface area contributed by atoms with Crippen LogP contribution in [0.2, 0.25) is 0 Å². The Kier molecular flexibility index (Phi) is 5.48. The van der Waals surface area contributed by atoms with E-state index in [0.29, 0.717) is 9.39 Å². The van der Waals surface area contributed by atoms with Gasteiger partial charge in [-0.25, -0.2) is 14.2 Å². The van der Waals surface area contributed by atoms with Gasteiger partial charge < -0.3 is 10.1 Å². The third-order valence-electron chi connectivity index (χ3n) is 1.54. The van der Waals surface area contributed by atoms with Gasteiger partial charge in [0.25, 0.3) is 0 Å². The fourth-order valence-electron chi connectivity index (χ4n) is 0.890. The molecule has 0 bridgehead atoms. The number of nitrogens with zero attached hydrogens (tertiary/aromatic N) is 1. The molecule has 5 nitrogen and oxygen atoms in total. The third-order valence-corrected chi connectivity index (χ3v) is 2.57. The van der Waals surface area contributed by atoms with E-state index in [9.17, 15) is 9.18 Å². The second kappa shape index (κ2) is 6.64. The van der Waals surface area contributed by atoms with Crippen LogP contribution >= 0.6 is 34.8 Å². The highest BCUT2D eigenvalue weighted by Crippen LogP contribution is 2.13. The first-order valence-electron chi connectivity index (χ1n) is 4.58. The maximum atomic E-state index is 12.9. The second-order valence-corrected chi connectivity index (χ2v) is 4.35. The lowest BCUT2D eigenvalue weighted by atomic mass is 10.4. The van der Waals surface area contributed by atoms with Gasteiger partial charge in [-0.15, -0.1) is 0 Å². The molecule has 0 saturated carbocycles. The van der Waals surface area contributed by atoms with Crippen LogP contribution in [-0.4, -0.2) is 22.8 Å². The molecule has 0 aliphatic rings. The molecule has 8 heteroatoms. The molecule has 1 aromatic rings. The molecule has 1 aromatic heterocycles. The maximum Gasteiger partial charge on any atom is 0.413 e. The quantitative estimate of drug-likeness (QED) is 0.619. The Morgan fingerprint density at radius 1 is 1.71 bits per heavy atom. The van der Waals surface area contributed by atoms with Crippen LogP contribution in [0.1, 0.15) is 6.92 Å². The topological polar surface area (TPSA) is 63.2 Å². The molecule has 0 atom stereocenters. The van der Waals surface area contributed by atoms with Gasteiger partial charge in [0, 0.05) is 0 Å². The Morgan fingerprint density at radius 3 is 3.00 bits per heavy atom. The van der Waals surface area contributed by atoms with E-state index in [1.807, 2.05) is 22.6 Å². The van der Waals surface area contributed by atoms with E-state index in [2.05, 4.69) is 20.4 Å². The van der Waals surface area contributed by atoms with Crippen molar-refractivity contribution >= 4 is 51.8 Å². The molecule has 0 spiro atoms. The molecule has 1 heterocycles. The summed E-state index contributed by atoms with van der Waals surface area (Å²) in [5.74, 6) is -0.0713. The van der Waals surface area contributed by atoms with E-state index in [-0.39, 0.29) is 11.7 Å². The highest BCUT2D eigenvalue weighted by atomic mass is 127. The van der Waals surface area contributed by atoms with E-state index in [1.165, 1.54) is 6.07 Å². The summed E-state index contributed by atoms with van der Waals surface area (Å²) in [6, 6.07) is 1.47. The smallest absolute Gasteiger partial charge is 0.413 e. The fraction of sp³-hybridized carbons (Fsp3) is 0.222. The standard InChI is InChI=1S/C9H9FIN3O2S/c1-2-16-9(15)14-8(17)13-7-3-6(11)5(10)4-12-7/h3-4H,2H2,1H3,(H2,12,13,14,15,17). The molecule has 17 heavy (non-hydrogen) atoms. The lowest BCUT2D eigenvalue weighted by Gasteiger charge is -2.08. The normalized spacial score (nSPS) is 9.59. The Morgan fingerprint density at radius 2 is 2.41 bits per heavy atom. The molecule has 0 fully saturated rings. The lowest BCUT2D eigenvalue weighted by molar-refractivity contribution is 0.158. The number of rotatable bonds is 2. The second-order valence-electron chi connectivity index (χ2n) is 2.78. The fourth-order valence-corrected chi connectivity index (χ4v) is 1.51. The van der Waals surface area contributed by atoms with Crippen LogP contribution in [0.4, 0.5) is 15.0 Å². The number of hydrogen-bond acceptors (Lipinski definition) is 4. The Balaban J connectivity index is 2.56. The number of thiocarbonyl (C=S) groups is 1. The van der Waals surface area contributed by atoms with E-state index >= 15 is 0 Å². The summed E-state index contributed by atoms with van der Waals surface area (Å²) in [5, 5.41) is 4.96. The number of pyridine rings is 1. The molecule has 0 saturated heterocycles. The lowest BCUT2D eigenvalue weighted by Crippen LogP contribution is -2.34. The van der Waals surface area contributed by atoms with Crippen molar-refractivity contribution in [2.45, 2.75) is 6.92 Å². The summed E-state index contributed by atoms with van der Waals surface area (Å²) >= 11 is 6.67. The Hall–Kier alpha value is -1.03. The number of aromatic nitrogens is 1. The van der Waals surface area contributed by atoms with Crippen LogP contribution in [0.5, 0.6) is 0 Å². The number of anilines is 1. The molecule has 0 radical (unpaired) electrons. The number of ether oxygens (including phenoxy) is 1. The van der Waals surface area contributed by atoms with Crippen LogP contribution in [0.25, 0.3) is 0 Å². The number of carbonyl (C=O) groups is 1. The Bertz CT molecular complexity index is 444. The molecule has 92 valence electrons. The van der Waals surface area contributed by atoms with Crippen LogP contribution in [-0.2, 0) is 4.74 Å². The zero-order valence-corrected chi connectivity index (χ0v) is 11.8. The summed E-state index contributed by atoms with van der Waals surface area (Å²) in [7, 11) is 0. The van der Waals surface area contributed by atoms with Crippen molar-refractivity contribution in [1.29, 1.82) is 0 Å². The number of nitrogens with one attached hydrogen (secondary N) is 2. The minimum absolute atomic E-state index is 0.0401. The van der Waals surface area contributed by atoms with Crippen LogP contribution in [0.3, 0.4) is 0 Å². The van der Waals surface area contributed by atoms with Crippen LogP contribution in [0.15, 0.2) is 12.3 Å². The zero-order valence-electron chi connectivity index (χ0n) is 8.79. The van der Waals surface area contributed by atoms with E-state index < -0.39 is 11.9 Å². The number of hydrogen-bond donors (Lipinski definition) is 2. The summed E-state index contributed by atoms with van der Waals surface area (Å²) in [6.45, 7) is 1.93. The molecule has 2 N–H and O–H groups in total. The van der Waals surface area contributed by atoms with E-state index in [4.69, 9.17) is 12.2 Å². The minimum Gasteiger partial charge on any atom is -0.450 e. The van der Waals surface area contributed by atoms with Gasteiger partial charge in [0.1, 0.15) is 5.82 Å². The summed E-state index contributed by atoms with van der Waals surface area (Å²) < 4.78 is 18.0. The number of carbonyl (C=O) groups excluding carboxylic acids is 1. The highest BCUT2D eigenvalue weighted by Gasteiger charge is 2.06. The van der Waals surface area contributed by atoms with Gasteiger partial charge in [-0.05, 0) is 47.8 Å². The average molecular weight is 369 g/mol. The van der Waals surface area contributed by atoms with Crippen molar-refractivity contribution in [1.82, 2.24) is 10.3 Å². The van der Waals surface area contributed by atoms with Crippen molar-refractivity contribution in [3.05, 3.63) is 21.7 Å². The number of amides is 1. The number of halogens is 2. The average Bonchev–Trinajstić information content (AvgIpc) is 2.23. The van der Waals surface area contributed by atoms with Crippen molar-refractivity contribution < 1.29 is 13.9 Å². The molecule has 0 aromatic carbocycles. The molecular weight excluding hydrogens is 360 g/mol. The predicted octanol–water partition coefficient (Wildman–Crippen LogP) is 2.27. The molecule has 0 aliphatic heterocycles. The van der Waals surface area contributed by atoms with Gasteiger partial charge in [0.2, 0.25) is 0 Å². The van der Waals surface area contributed by atoms with Gasteiger partial charge in [0.15, 0.2) is 10.9 Å². The molecule has 0 unspecified atom stereocenters.